The lowest BCUT2D eigenvalue weighted by Gasteiger charge is -2.39. The van der Waals surface area contributed by atoms with Gasteiger partial charge in [0.25, 0.3) is 0 Å². The first kappa shape index (κ1) is 20.2. The van der Waals surface area contributed by atoms with Crippen LogP contribution in [0.4, 0.5) is 5.82 Å². The van der Waals surface area contributed by atoms with Gasteiger partial charge in [0.1, 0.15) is 5.82 Å². The second kappa shape index (κ2) is 8.73. The van der Waals surface area contributed by atoms with Crippen molar-refractivity contribution in [2.24, 2.45) is 10.9 Å². The molecule has 1 saturated heterocycles. The Balaban J connectivity index is 1.53. The quantitative estimate of drug-likeness (QED) is 0.534. The van der Waals surface area contributed by atoms with E-state index in [9.17, 15) is 0 Å². The number of fused-ring (bicyclic) bond motifs is 1. The smallest absolute Gasteiger partial charge is 0.193 e. The molecule has 2 aromatic heterocycles. The zero-order chi connectivity index (χ0) is 21.1. The standard InChI is InChI=1S/C23H31N7/c1-17-9-11-29(15-21(17)30-12-10-25-16-30)23(24-2)26-14-18-13-22(28(3)4)27-20-8-6-5-7-19(18)20/h5-8,10,12-13,16-17,21H,9,11,14-15H2,1-4H3,(H,24,26). The summed E-state index contributed by atoms with van der Waals surface area (Å²) in [7, 11) is 5.92. The Morgan fingerprint density at radius 1 is 1.30 bits per heavy atom. The molecule has 3 aromatic rings. The molecule has 0 saturated carbocycles. The van der Waals surface area contributed by atoms with E-state index in [1.54, 1.807) is 0 Å². The van der Waals surface area contributed by atoms with Crippen LogP contribution in [0.2, 0.25) is 0 Å². The molecule has 7 nitrogen and oxygen atoms in total. The van der Waals surface area contributed by atoms with Crippen molar-refractivity contribution in [3.05, 3.63) is 54.6 Å². The van der Waals surface area contributed by atoms with Gasteiger partial charge in [-0.3, -0.25) is 4.99 Å². The van der Waals surface area contributed by atoms with Crippen molar-refractivity contribution in [3.63, 3.8) is 0 Å². The van der Waals surface area contributed by atoms with Crippen molar-refractivity contribution in [2.75, 3.05) is 39.1 Å². The molecule has 7 heteroatoms. The van der Waals surface area contributed by atoms with Crippen molar-refractivity contribution in [2.45, 2.75) is 25.9 Å². The second-order valence-electron chi connectivity index (χ2n) is 8.24. The summed E-state index contributed by atoms with van der Waals surface area (Å²) < 4.78 is 2.23. The minimum absolute atomic E-state index is 0.405. The average molecular weight is 406 g/mol. The molecule has 2 unspecified atom stereocenters. The Kier molecular flexibility index (Phi) is 5.88. The number of nitrogens with one attached hydrogen (secondary N) is 1. The van der Waals surface area contributed by atoms with Gasteiger partial charge in [-0.15, -0.1) is 0 Å². The van der Waals surface area contributed by atoms with Gasteiger partial charge in [-0.25, -0.2) is 9.97 Å². The molecular formula is C23H31N7. The molecule has 0 bridgehead atoms. The van der Waals surface area contributed by atoms with Crippen LogP contribution in [0, 0.1) is 5.92 Å². The maximum absolute atomic E-state index is 4.77. The van der Waals surface area contributed by atoms with Crippen LogP contribution in [0.3, 0.4) is 0 Å². The lowest BCUT2D eigenvalue weighted by molar-refractivity contribution is 0.189. The highest BCUT2D eigenvalue weighted by Crippen LogP contribution is 2.27. The molecule has 4 rings (SSSR count). The molecule has 3 heterocycles. The molecule has 158 valence electrons. The molecule has 1 fully saturated rings. The highest BCUT2D eigenvalue weighted by Gasteiger charge is 2.28. The highest BCUT2D eigenvalue weighted by molar-refractivity contribution is 5.85. The maximum Gasteiger partial charge on any atom is 0.193 e. The number of pyridine rings is 1. The fourth-order valence-electron chi connectivity index (χ4n) is 4.21. The SMILES string of the molecule is CN=C(NCc1cc(N(C)C)nc2ccccc12)N1CCC(C)C(n2ccnc2)C1. The summed E-state index contributed by atoms with van der Waals surface area (Å²) in [5.74, 6) is 2.52. The van der Waals surface area contributed by atoms with E-state index in [0.29, 0.717) is 18.5 Å². The van der Waals surface area contributed by atoms with Crippen LogP contribution in [0.25, 0.3) is 10.9 Å². The van der Waals surface area contributed by atoms with E-state index in [4.69, 9.17) is 4.98 Å². The number of benzene rings is 1. The van der Waals surface area contributed by atoms with E-state index in [-0.39, 0.29) is 0 Å². The number of hydrogen-bond donors (Lipinski definition) is 1. The van der Waals surface area contributed by atoms with Gasteiger partial charge in [0.15, 0.2) is 5.96 Å². The second-order valence-corrected chi connectivity index (χ2v) is 8.24. The number of rotatable bonds is 4. The number of nitrogens with zero attached hydrogens (tertiary/aromatic N) is 6. The van der Waals surface area contributed by atoms with Gasteiger partial charge in [-0.1, -0.05) is 25.1 Å². The Bertz CT molecular complexity index is 1010. The van der Waals surface area contributed by atoms with E-state index in [1.807, 2.05) is 44.6 Å². The van der Waals surface area contributed by atoms with Crippen molar-refractivity contribution in [3.8, 4) is 0 Å². The molecule has 1 aliphatic heterocycles. The summed E-state index contributed by atoms with van der Waals surface area (Å²) in [4.78, 5) is 18.0. The first-order valence-electron chi connectivity index (χ1n) is 10.6. The summed E-state index contributed by atoms with van der Waals surface area (Å²) in [5.41, 5.74) is 2.24. The number of guanidine groups is 1. The van der Waals surface area contributed by atoms with Gasteiger partial charge in [-0.2, -0.15) is 0 Å². The molecule has 0 spiro atoms. The number of imidazole rings is 1. The van der Waals surface area contributed by atoms with E-state index in [2.05, 4.69) is 62.1 Å². The van der Waals surface area contributed by atoms with Crippen molar-refractivity contribution in [1.29, 1.82) is 0 Å². The first-order chi connectivity index (χ1) is 14.6. The summed E-state index contributed by atoms with van der Waals surface area (Å²) >= 11 is 0. The maximum atomic E-state index is 4.77. The van der Waals surface area contributed by atoms with Gasteiger partial charge in [0.2, 0.25) is 0 Å². The number of aliphatic imine (C=N–C) groups is 1. The Morgan fingerprint density at radius 2 is 2.13 bits per heavy atom. The minimum Gasteiger partial charge on any atom is -0.363 e. The third-order valence-electron chi connectivity index (χ3n) is 6.02. The zero-order valence-corrected chi connectivity index (χ0v) is 18.3. The van der Waals surface area contributed by atoms with Crippen LogP contribution in [0.15, 0.2) is 54.0 Å². The van der Waals surface area contributed by atoms with E-state index in [1.165, 1.54) is 10.9 Å². The number of aromatic nitrogens is 3. The average Bonchev–Trinajstić information content (AvgIpc) is 3.29. The number of likely N-dealkylation sites (tertiary alicyclic amines) is 1. The summed E-state index contributed by atoms with van der Waals surface area (Å²) in [6.45, 7) is 4.96. The molecule has 1 N–H and O–H groups in total. The summed E-state index contributed by atoms with van der Waals surface area (Å²) in [5, 5.41) is 4.77. The molecule has 0 aliphatic carbocycles. The van der Waals surface area contributed by atoms with Crippen LogP contribution in [0.1, 0.15) is 24.9 Å². The highest BCUT2D eigenvalue weighted by atomic mass is 15.3. The Morgan fingerprint density at radius 3 is 2.87 bits per heavy atom. The summed E-state index contributed by atoms with van der Waals surface area (Å²) in [6, 6.07) is 10.9. The lowest BCUT2D eigenvalue weighted by atomic mass is 9.93. The van der Waals surface area contributed by atoms with Crippen molar-refractivity contribution >= 4 is 22.7 Å². The Hall–Kier alpha value is -3.09. The predicted octanol–water partition coefficient (Wildman–Crippen LogP) is 3.16. The molecule has 2 atom stereocenters. The monoisotopic (exact) mass is 405 g/mol. The van der Waals surface area contributed by atoms with Gasteiger partial charge < -0.3 is 19.7 Å². The molecule has 30 heavy (non-hydrogen) atoms. The lowest BCUT2D eigenvalue weighted by Crippen LogP contribution is -2.48. The van der Waals surface area contributed by atoms with E-state index in [0.717, 1.165) is 36.8 Å². The van der Waals surface area contributed by atoms with Gasteiger partial charge in [0, 0.05) is 58.6 Å². The predicted molar refractivity (Wildman–Crippen MR) is 123 cm³/mol. The van der Waals surface area contributed by atoms with Crippen molar-refractivity contribution in [1.82, 2.24) is 24.8 Å². The van der Waals surface area contributed by atoms with Crippen molar-refractivity contribution < 1.29 is 0 Å². The molecule has 0 radical (unpaired) electrons. The summed E-state index contributed by atoms with van der Waals surface area (Å²) in [6.07, 6.45) is 6.97. The fraction of sp³-hybridized carbons (Fsp3) is 0.435. The third kappa shape index (κ3) is 4.10. The topological polar surface area (TPSA) is 61.6 Å². The minimum atomic E-state index is 0.405. The number of para-hydroxylation sites is 1. The van der Waals surface area contributed by atoms with E-state index >= 15 is 0 Å². The van der Waals surface area contributed by atoms with Crippen LogP contribution in [-0.2, 0) is 6.54 Å². The largest absolute Gasteiger partial charge is 0.363 e. The normalized spacial score (nSPS) is 19.9. The number of piperidine rings is 1. The zero-order valence-electron chi connectivity index (χ0n) is 18.3. The fourth-order valence-corrected chi connectivity index (χ4v) is 4.21. The van der Waals surface area contributed by atoms with Gasteiger partial charge >= 0.3 is 0 Å². The first-order valence-corrected chi connectivity index (χ1v) is 10.6. The molecular weight excluding hydrogens is 374 g/mol. The van der Waals surface area contributed by atoms with Crippen LogP contribution >= 0.6 is 0 Å². The van der Waals surface area contributed by atoms with Gasteiger partial charge in [-0.05, 0) is 30.0 Å². The third-order valence-corrected chi connectivity index (χ3v) is 6.02. The molecule has 1 aromatic carbocycles. The number of anilines is 1. The molecule has 0 amide bonds. The Labute approximate surface area is 178 Å². The van der Waals surface area contributed by atoms with Gasteiger partial charge in [0.05, 0.1) is 17.9 Å². The number of hydrogen-bond acceptors (Lipinski definition) is 4. The molecule has 1 aliphatic rings. The van der Waals surface area contributed by atoms with Crippen LogP contribution in [-0.4, -0.2) is 59.6 Å². The van der Waals surface area contributed by atoms with Crippen LogP contribution < -0.4 is 10.2 Å². The van der Waals surface area contributed by atoms with E-state index < -0.39 is 0 Å². The van der Waals surface area contributed by atoms with Crippen LogP contribution in [0.5, 0.6) is 0 Å².